The molecule has 0 aromatic rings. The Morgan fingerprint density at radius 3 is 1.92 bits per heavy atom. The van der Waals surface area contributed by atoms with Crippen molar-refractivity contribution in [1.29, 1.82) is 0 Å². The molecular weight excluding hydrogens is 246 g/mol. The Hall–Kier alpha value is 0.370. The Balaban J connectivity index is 0. The molecule has 0 rings (SSSR count). The van der Waals surface area contributed by atoms with Gasteiger partial charge in [-0.25, -0.2) is 4.79 Å². The van der Waals surface area contributed by atoms with E-state index in [-0.39, 0.29) is 5.97 Å². The normalized spacial score (nSPS) is 9.42. The number of esters is 1. The maximum atomic E-state index is 10.1. The van der Waals surface area contributed by atoms with Gasteiger partial charge < -0.3 is 4.74 Å². The molecule has 0 saturated heterocycles. The first kappa shape index (κ1) is 14.9. The maximum absolute atomic E-state index is 10.1. The highest BCUT2D eigenvalue weighted by Gasteiger charge is 2.11. The van der Waals surface area contributed by atoms with Gasteiger partial charge in [-0.3, -0.25) is 0 Å². The van der Waals surface area contributed by atoms with Crippen molar-refractivity contribution in [1.82, 2.24) is 0 Å². The molecule has 0 fully saturated rings. The Kier molecular flexibility index (Phi) is 9.90. The molecule has 0 heterocycles. The van der Waals surface area contributed by atoms with Crippen LogP contribution in [0.5, 0.6) is 0 Å². The highest BCUT2D eigenvalue weighted by molar-refractivity contribution is 6.83. The second-order valence-corrected chi connectivity index (χ2v) is 4.81. The van der Waals surface area contributed by atoms with Crippen molar-refractivity contribution < 1.29 is 9.53 Å². The molecule has 0 spiro atoms. The fourth-order valence-electron chi connectivity index (χ4n) is 0.201. The Labute approximate surface area is 91.4 Å². The lowest BCUT2D eigenvalue weighted by Crippen LogP contribution is -1.97. The van der Waals surface area contributed by atoms with E-state index in [9.17, 15) is 4.79 Å². The van der Waals surface area contributed by atoms with Gasteiger partial charge in [0.1, 0.15) is 0 Å². The van der Waals surface area contributed by atoms with Gasteiger partial charge in [0.25, 0.3) is 3.25 Å². The van der Waals surface area contributed by atoms with Crippen LogP contribution in [0.4, 0.5) is 0 Å². The van der Waals surface area contributed by atoms with Gasteiger partial charge in [0.2, 0.25) is 0 Å². The van der Waals surface area contributed by atoms with Crippen LogP contribution >= 0.6 is 46.4 Å². The number of alkyl halides is 4. The van der Waals surface area contributed by atoms with E-state index < -0.39 is 3.25 Å². The molecule has 0 aromatic carbocycles. The maximum Gasteiger partial charge on any atom is 0.330 e. The third kappa shape index (κ3) is 31.6. The molecule has 0 aromatic heterocycles. The Morgan fingerprint density at radius 2 is 1.83 bits per heavy atom. The van der Waals surface area contributed by atoms with Gasteiger partial charge >= 0.3 is 5.97 Å². The lowest BCUT2D eigenvalue weighted by Gasteiger charge is -1.91. The molecule has 2 nitrogen and oxygen atoms in total. The molecule has 0 aliphatic rings. The second-order valence-electron chi connectivity index (χ2n) is 1.38. The minimum Gasteiger partial charge on any atom is -0.463 e. The van der Waals surface area contributed by atoms with Gasteiger partial charge in [-0.15, -0.1) is 0 Å². The van der Waals surface area contributed by atoms with Crippen LogP contribution < -0.4 is 0 Å². The molecule has 0 saturated carbocycles. The summed E-state index contributed by atoms with van der Waals surface area (Å²) in [6.07, 6.45) is 1.14. The van der Waals surface area contributed by atoms with Crippen molar-refractivity contribution >= 4 is 52.4 Å². The van der Waals surface area contributed by atoms with Crippen molar-refractivity contribution in [2.45, 2.75) is 10.2 Å². The van der Waals surface area contributed by atoms with E-state index in [1.807, 2.05) is 0 Å². The number of halogens is 4. The van der Waals surface area contributed by atoms with Gasteiger partial charge in [0.05, 0.1) is 6.61 Å². The fourth-order valence-corrected chi connectivity index (χ4v) is 0.201. The monoisotopic (exact) mass is 252 g/mol. The van der Waals surface area contributed by atoms with Crippen molar-refractivity contribution in [2.24, 2.45) is 0 Å². The third-order valence-corrected chi connectivity index (χ3v) is 0.453. The van der Waals surface area contributed by atoms with Crippen molar-refractivity contribution in [3.8, 4) is 0 Å². The summed E-state index contributed by atoms with van der Waals surface area (Å²) in [7, 11) is 0. The molecule has 12 heavy (non-hydrogen) atoms. The molecule has 72 valence electrons. The predicted octanol–water partition coefficient (Wildman–Crippen LogP) is 3.29. The van der Waals surface area contributed by atoms with Crippen molar-refractivity contribution in [3.63, 3.8) is 0 Å². The van der Waals surface area contributed by atoms with Gasteiger partial charge in [-0.2, -0.15) is 0 Å². The summed E-state index contributed by atoms with van der Waals surface area (Å²) in [5.41, 5.74) is 0. The van der Waals surface area contributed by atoms with Crippen molar-refractivity contribution in [3.05, 3.63) is 12.7 Å². The second kappa shape index (κ2) is 7.99. The highest BCUT2D eigenvalue weighted by Crippen LogP contribution is 2.29. The van der Waals surface area contributed by atoms with Crippen LogP contribution in [-0.2, 0) is 9.53 Å². The van der Waals surface area contributed by atoms with E-state index in [0.29, 0.717) is 6.61 Å². The number of carbonyl (C=O) groups is 1. The van der Waals surface area contributed by atoms with Gasteiger partial charge in [-0.05, 0) is 6.92 Å². The Morgan fingerprint density at radius 1 is 1.50 bits per heavy atom. The first-order chi connectivity index (χ1) is 5.31. The van der Waals surface area contributed by atoms with Crippen LogP contribution in [0.15, 0.2) is 12.7 Å². The van der Waals surface area contributed by atoms with Crippen LogP contribution in [0.2, 0.25) is 0 Å². The standard InChI is InChI=1S/C5H8O2.CCl4/c1-3-5(6)7-4-2;2-1(3,4)5/h3H,1,4H2,2H3;. The lowest BCUT2D eigenvalue weighted by molar-refractivity contribution is -0.137. The minimum atomic E-state index is -1.61. The zero-order valence-electron chi connectivity index (χ0n) is 6.32. The molecule has 0 bridgehead atoms. The number of ether oxygens (including phenoxy) is 1. The quantitative estimate of drug-likeness (QED) is 0.429. The van der Waals surface area contributed by atoms with E-state index in [2.05, 4.69) is 11.3 Å². The SMILES string of the molecule is C=CC(=O)OCC.ClC(Cl)(Cl)Cl. The smallest absolute Gasteiger partial charge is 0.330 e. The summed E-state index contributed by atoms with van der Waals surface area (Å²) in [6.45, 7) is 5.38. The highest BCUT2D eigenvalue weighted by atomic mass is 35.6. The molecule has 0 N–H and O–H groups in total. The molecule has 0 radical (unpaired) electrons. The largest absolute Gasteiger partial charge is 0.463 e. The lowest BCUT2D eigenvalue weighted by atomic mass is 10.6. The molecule has 0 unspecified atom stereocenters. The average Bonchev–Trinajstić information content (AvgIpc) is 1.85. The first-order valence-corrected chi connectivity index (χ1v) is 4.37. The van der Waals surface area contributed by atoms with Crippen LogP contribution in [0.3, 0.4) is 0 Å². The van der Waals surface area contributed by atoms with Crippen LogP contribution in [0, 0.1) is 0 Å². The molecule has 0 aliphatic carbocycles. The number of carbonyl (C=O) groups excluding carboxylic acids is 1. The summed E-state index contributed by atoms with van der Waals surface area (Å²) < 4.78 is 2.82. The number of hydrogen-bond donors (Lipinski definition) is 0. The summed E-state index contributed by atoms with van der Waals surface area (Å²) in [4.78, 5) is 10.1. The van der Waals surface area contributed by atoms with Gasteiger partial charge in [0.15, 0.2) is 0 Å². The third-order valence-electron chi connectivity index (χ3n) is 0.453. The summed E-state index contributed by atoms with van der Waals surface area (Å²) >= 11 is 19.3. The predicted molar refractivity (Wildman–Crippen MR) is 53.0 cm³/mol. The zero-order valence-corrected chi connectivity index (χ0v) is 9.34. The summed E-state index contributed by atoms with van der Waals surface area (Å²) in [5.74, 6) is -0.359. The molecule has 0 atom stereocenters. The van der Waals surface area contributed by atoms with E-state index >= 15 is 0 Å². The van der Waals surface area contributed by atoms with E-state index in [0.717, 1.165) is 6.08 Å². The van der Waals surface area contributed by atoms with Gasteiger partial charge in [0, 0.05) is 6.08 Å². The van der Waals surface area contributed by atoms with E-state index in [4.69, 9.17) is 46.4 Å². The zero-order chi connectivity index (χ0) is 10.2. The fraction of sp³-hybridized carbons (Fsp3) is 0.500. The van der Waals surface area contributed by atoms with E-state index in [1.165, 1.54) is 0 Å². The minimum absolute atomic E-state index is 0.359. The first-order valence-electron chi connectivity index (χ1n) is 2.86. The van der Waals surface area contributed by atoms with Crippen molar-refractivity contribution in [2.75, 3.05) is 6.61 Å². The molecule has 0 amide bonds. The van der Waals surface area contributed by atoms with Crippen LogP contribution in [-0.4, -0.2) is 15.8 Å². The molecule has 6 heteroatoms. The van der Waals surface area contributed by atoms with E-state index in [1.54, 1.807) is 6.92 Å². The number of hydrogen-bond acceptors (Lipinski definition) is 2. The summed E-state index contributed by atoms with van der Waals surface area (Å²) in [6, 6.07) is 0. The van der Waals surface area contributed by atoms with Crippen LogP contribution in [0.1, 0.15) is 6.92 Å². The topological polar surface area (TPSA) is 26.3 Å². The van der Waals surface area contributed by atoms with Crippen LogP contribution in [0.25, 0.3) is 0 Å². The molecular formula is C6H8Cl4O2. The summed E-state index contributed by atoms with van der Waals surface area (Å²) in [5, 5.41) is 0. The Bertz CT molecular complexity index is 135. The molecule has 0 aliphatic heterocycles. The number of rotatable bonds is 2. The van der Waals surface area contributed by atoms with Gasteiger partial charge in [-0.1, -0.05) is 53.0 Å². The average molecular weight is 254 g/mol.